The van der Waals surface area contributed by atoms with Crippen molar-refractivity contribution in [3.63, 3.8) is 0 Å². The number of nitrogens with zero attached hydrogens (tertiary/aromatic N) is 1. The Bertz CT molecular complexity index is 1230. The first-order valence-electron chi connectivity index (χ1n) is 12.7. The third-order valence-corrected chi connectivity index (χ3v) is 8.35. The van der Waals surface area contributed by atoms with Crippen LogP contribution in [0.1, 0.15) is 55.9 Å². The standard InChI is InChI=1S/C26H30ClFN4O4/c1-2-22(33)20(8-13-6-7-29-24(13)34)31-25(35)23-16-5-3-4-14(16)12-32(23)26(36)21-11-17-18(27)9-15(28)10-19(17)30-21/h9-11,13-14,16,20,23,30H,2-8,12H2,1H3,(H,29,34)(H,31,35). The third-order valence-electron chi connectivity index (χ3n) is 8.04. The van der Waals surface area contributed by atoms with Crippen molar-refractivity contribution in [2.75, 3.05) is 13.1 Å². The Morgan fingerprint density at radius 1 is 1.22 bits per heavy atom. The Morgan fingerprint density at radius 2 is 2.03 bits per heavy atom. The topological polar surface area (TPSA) is 111 Å². The molecule has 10 heteroatoms. The molecule has 3 N–H and O–H groups in total. The Hall–Kier alpha value is -2.94. The minimum atomic E-state index is -0.774. The average Bonchev–Trinajstić information content (AvgIpc) is 3.61. The van der Waals surface area contributed by atoms with Crippen LogP contribution in [-0.4, -0.2) is 58.6 Å². The smallest absolute Gasteiger partial charge is 0.271 e. The van der Waals surface area contributed by atoms with Crippen LogP contribution in [-0.2, 0) is 14.4 Å². The zero-order chi connectivity index (χ0) is 25.6. The second kappa shape index (κ2) is 9.84. The van der Waals surface area contributed by atoms with Crippen LogP contribution in [0.4, 0.5) is 4.39 Å². The highest BCUT2D eigenvalue weighted by Crippen LogP contribution is 2.43. The SMILES string of the molecule is CCC(=O)C(CC1CCNC1=O)NC(=O)C1C2CCCC2CN1C(=O)c1cc2c(Cl)cc(F)cc2[nH]1. The van der Waals surface area contributed by atoms with Gasteiger partial charge in [-0.15, -0.1) is 0 Å². The number of carbonyl (C=O) groups excluding carboxylic acids is 4. The van der Waals surface area contributed by atoms with Crippen molar-refractivity contribution in [1.29, 1.82) is 0 Å². The molecule has 3 fully saturated rings. The summed E-state index contributed by atoms with van der Waals surface area (Å²) in [4.78, 5) is 56.6. The monoisotopic (exact) mass is 516 g/mol. The first kappa shape index (κ1) is 24.7. The summed E-state index contributed by atoms with van der Waals surface area (Å²) in [6.07, 6.45) is 3.87. The summed E-state index contributed by atoms with van der Waals surface area (Å²) >= 11 is 6.17. The number of aromatic nitrogens is 1. The van der Waals surface area contributed by atoms with Gasteiger partial charge in [0.2, 0.25) is 11.8 Å². The number of aromatic amines is 1. The van der Waals surface area contributed by atoms with Gasteiger partial charge in [0.25, 0.3) is 5.91 Å². The molecule has 5 atom stereocenters. The predicted molar refractivity (Wildman–Crippen MR) is 132 cm³/mol. The summed E-state index contributed by atoms with van der Waals surface area (Å²) in [5.74, 6) is -1.56. The molecule has 1 aliphatic carbocycles. The Morgan fingerprint density at radius 3 is 2.75 bits per heavy atom. The second-order valence-corrected chi connectivity index (χ2v) is 10.6. The van der Waals surface area contributed by atoms with Crippen LogP contribution in [0.15, 0.2) is 18.2 Å². The molecular weight excluding hydrogens is 487 g/mol. The number of fused-ring (bicyclic) bond motifs is 2. The summed E-state index contributed by atoms with van der Waals surface area (Å²) in [5.41, 5.74) is 0.645. The lowest BCUT2D eigenvalue weighted by atomic mass is 9.91. The maximum atomic E-state index is 13.8. The molecule has 3 aliphatic rings. The van der Waals surface area contributed by atoms with E-state index in [1.807, 2.05) is 0 Å². The summed E-state index contributed by atoms with van der Waals surface area (Å²) in [5, 5.41) is 6.41. The minimum Gasteiger partial charge on any atom is -0.356 e. The molecule has 2 aromatic rings. The molecule has 36 heavy (non-hydrogen) atoms. The fourth-order valence-corrected chi connectivity index (χ4v) is 6.47. The van der Waals surface area contributed by atoms with Crippen LogP contribution in [0.25, 0.3) is 10.9 Å². The molecule has 0 spiro atoms. The van der Waals surface area contributed by atoms with Crippen LogP contribution in [0, 0.1) is 23.6 Å². The van der Waals surface area contributed by atoms with Gasteiger partial charge >= 0.3 is 0 Å². The number of Topliss-reactive ketones (excluding diaryl/α,β-unsaturated/α-hetero) is 1. The van der Waals surface area contributed by atoms with Crippen LogP contribution < -0.4 is 10.6 Å². The van der Waals surface area contributed by atoms with Crippen molar-refractivity contribution in [1.82, 2.24) is 20.5 Å². The number of amides is 3. The number of rotatable bonds is 7. The van der Waals surface area contributed by atoms with E-state index in [9.17, 15) is 23.6 Å². The second-order valence-electron chi connectivity index (χ2n) is 10.2. The molecule has 1 aromatic carbocycles. The number of halogens is 2. The minimum absolute atomic E-state index is 0.00604. The van der Waals surface area contributed by atoms with Gasteiger partial charge in [-0.3, -0.25) is 19.2 Å². The first-order chi connectivity index (χ1) is 17.3. The van der Waals surface area contributed by atoms with Crippen LogP contribution in [0.3, 0.4) is 0 Å². The van der Waals surface area contributed by atoms with Gasteiger partial charge in [-0.1, -0.05) is 24.9 Å². The van der Waals surface area contributed by atoms with E-state index in [2.05, 4.69) is 15.6 Å². The summed E-state index contributed by atoms with van der Waals surface area (Å²) in [7, 11) is 0. The molecule has 0 bridgehead atoms. The highest BCUT2D eigenvalue weighted by atomic mass is 35.5. The van der Waals surface area contributed by atoms with Crippen molar-refractivity contribution in [2.45, 2.75) is 57.5 Å². The molecule has 5 rings (SSSR count). The molecule has 5 unspecified atom stereocenters. The van der Waals surface area contributed by atoms with Crippen molar-refractivity contribution in [2.24, 2.45) is 17.8 Å². The molecule has 3 heterocycles. The van der Waals surface area contributed by atoms with Crippen LogP contribution in [0.2, 0.25) is 5.02 Å². The van der Waals surface area contributed by atoms with Gasteiger partial charge in [0.15, 0.2) is 5.78 Å². The van der Waals surface area contributed by atoms with Gasteiger partial charge in [-0.05, 0) is 55.7 Å². The first-order valence-corrected chi connectivity index (χ1v) is 13.0. The highest BCUT2D eigenvalue weighted by molar-refractivity contribution is 6.35. The fourth-order valence-electron chi connectivity index (χ4n) is 6.21. The van der Waals surface area contributed by atoms with E-state index < -0.39 is 17.9 Å². The highest BCUT2D eigenvalue weighted by Gasteiger charge is 2.50. The van der Waals surface area contributed by atoms with Crippen molar-refractivity contribution >= 4 is 46.0 Å². The van der Waals surface area contributed by atoms with Crippen molar-refractivity contribution in [3.8, 4) is 0 Å². The number of benzene rings is 1. The summed E-state index contributed by atoms with van der Waals surface area (Å²) < 4.78 is 13.8. The zero-order valence-corrected chi connectivity index (χ0v) is 20.9. The van der Waals surface area contributed by atoms with E-state index in [1.54, 1.807) is 17.9 Å². The Kier molecular flexibility index (Phi) is 6.76. The van der Waals surface area contributed by atoms with Gasteiger partial charge in [-0.25, -0.2) is 4.39 Å². The normalized spacial score (nSPS) is 26.2. The van der Waals surface area contributed by atoms with Gasteiger partial charge < -0.3 is 20.5 Å². The quantitative estimate of drug-likeness (QED) is 0.524. The molecule has 8 nitrogen and oxygen atoms in total. The van der Waals surface area contributed by atoms with E-state index in [1.165, 1.54) is 12.1 Å². The van der Waals surface area contributed by atoms with E-state index in [-0.39, 0.29) is 64.8 Å². The number of hydrogen-bond acceptors (Lipinski definition) is 4. The van der Waals surface area contributed by atoms with Crippen LogP contribution >= 0.6 is 11.6 Å². The van der Waals surface area contributed by atoms with E-state index in [4.69, 9.17) is 11.6 Å². The number of carbonyl (C=O) groups is 4. The van der Waals surface area contributed by atoms with E-state index >= 15 is 0 Å². The average molecular weight is 517 g/mol. The van der Waals surface area contributed by atoms with Gasteiger partial charge in [0.05, 0.1) is 16.6 Å². The molecule has 0 radical (unpaired) electrons. The number of ketones is 1. The fraction of sp³-hybridized carbons (Fsp3) is 0.538. The maximum Gasteiger partial charge on any atom is 0.271 e. The summed E-state index contributed by atoms with van der Waals surface area (Å²) in [6, 6.07) is 2.57. The lowest BCUT2D eigenvalue weighted by Crippen LogP contribution is -2.53. The lowest BCUT2D eigenvalue weighted by molar-refractivity contribution is -0.132. The zero-order valence-electron chi connectivity index (χ0n) is 20.1. The van der Waals surface area contributed by atoms with Gasteiger partial charge in [0.1, 0.15) is 17.6 Å². The molecule has 2 saturated heterocycles. The number of hydrogen-bond donors (Lipinski definition) is 3. The molecule has 1 aromatic heterocycles. The van der Waals surface area contributed by atoms with Crippen molar-refractivity contribution < 1.29 is 23.6 Å². The molecule has 2 aliphatic heterocycles. The van der Waals surface area contributed by atoms with Gasteiger partial charge in [-0.2, -0.15) is 0 Å². The maximum absolute atomic E-state index is 13.8. The molecule has 3 amide bonds. The number of nitrogens with one attached hydrogen (secondary N) is 3. The molecular formula is C26H30ClFN4O4. The number of likely N-dealkylation sites (tertiary alicyclic amines) is 1. The van der Waals surface area contributed by atoms with Gasteiger partial charge in [0, 0.05) is 30.8 Å². The Balaban J connectivity index is 1.40. The van der Waals surface area contributed by atoms with Crippen LogP contribution in [0.5, 0.6) is 0 Å². The van der Waals surface area contributed by atoms with Crippen molar-refractivity contribution in [3.05, 3.63) is 34.7 Å². The molecule has 1 saturated carbocycles. The van der Waals surface area contributed by atoms with E-state index in [0.29, 0.717) is 30.4 Å². The third kappa shape index (κ3) is 4.49. The summed E-state index contributed by atoms with van der Waals surface area (Å²) in [6.45, 7) is 2.74. The largest absolute Gasteiger partial charge is 0.356 e. The number of H-pyrrole nitrogens is 1. The predicted octanol–water partition coefficient (Wildman–Crippen LogP) is 3.19. The molecule has 192 valence electrons. The lowest BCUT2D eigenvalue weighted by Gasteiger charge is -2.29. The van der Waals surface area contributed by atoms with E-state index in [0.717, 1.165) is 19.3 Å². The Labute approximate surface area is 213 Å².